The van der Waals surface area contributed by atoms with Gasteiger partial charge >= 0.3 is 35.6 Å². The third-order valence-electron chi connectivity index (χ3n) is 6.98. The minimum absolute atomic E-state index is 0. The number of allylic oxidation sites excluding steroid dienone is 1. The smallest absolute Gasteiger partial charge is 0.693 e. The topological polar surface area (TPSA) is 33.5 Å². The zero-order valence-electron chi connectivity index (χ0n) is 20.0. The fourth-order valence-corrected chi connectivity index (χ4v) is 5.10. The van der Waals surface area contributed by atoms with E-state index in [2.05, 4.69) is 107 Å². The summed E-state index contributed by atoms with van der Waals surface area (Å²) in [7, 11) is 9.78. The Labute approximate surface area is 220 Å². The number of benzene rings is 4. The summed E-state index contributed by atoms with van der Waals surface area (Å²) in [4.78, 5) is 0. The Morgan fingerprint density at radius 1 is 0.794 bits per heavy atom. The molecule has 0 aliphatic heterocycles. The van der Waals surface area contributed by atoms with Crippen LogP contribution in [0.1, 0.15) is 51.8 Å². The molecule has 0 fully saturated rings. The van der Waals surface area contributed by atoms with Crippen molar-refractivity contribution in [2.45, 2.75) is 33.6 Å². The molecule has 5 rings (SSSR count). The molecule has 1 atom stereocenters. The summed E-state index contributed by atoms with van der Waals surface area (Å²) in [6.07, 6.45) is 2.33. The Hall–Kier alpha value is -2.00. The second-order valence-corrected chi connectivity index (χ2v) is 11.3. The van der Waals surface area contributed by atoms with Gasteiger partial charge in [0.25, 0.3) is 0 Å². The van der Waals surface area contributed by atoms with Crippen molar-refractivity contribution in [2.24, 2.45) is 0 Å². The normalized spacial score (nSPS) is 13.9. The van der Waals surface area contributed by atoms with Crippen LogP contribution in [-0.2, 0) is 17.0 Å². The van der Waals surface area contributed by atoms with Crippen molar-refractivity contribution < 1.29 is 17.0 Å². The summed E-state index contributed by atoms with van der Waals surface area (Å²) >= 11 is -0.556. The van der Waals surface area contributed by atoms with Crippen LogP contribution < -0.4 is 0 Å². The van der Waals surface area contributed by atoms with E-state index in [0.29, 0.717) is 0 Å². The minimum atomic E-state index is -0.556. The molecule has 0 aromatic heterocycles. The van der Waals surface area contributed by atoms with Gasteiger partial charge in [-0.1, -0.05) is 88.8 Å². The van der Waals surface area contributed by atoms with Gasteiger partial charge < -0.3 is 6.15 Å². The van der Waals surface area contributed by atoms with Crippen LogP contribution in [0.2, 0.25) is 0 Å². The molecule has 1 nitrogen and oxygen atoms in total. The maximum atomic E-state index is 4.89. The van der Waals surface area contributed by atoms with E-state index in [1.807, 2.05) is 0 Å². The van der Waals surface area contributed by atoms with Crippen LogP contribution in [-0.4, -0.2) is 0 Å². The molecule has 0 bridgehead atoms. The Balaban J connectivity index is 0.000000771. The predicted octanol–water partition coefficient (Wildman–Crippen LogP) is 10.3. The Bertz CT molecular complexity index is 1370. The monoisotopic (exact) mass is 521 g/mol. The summed E-state index contributed by atoms with van der Waals surface area (Å²) in [5.41, 5.74) is 13.2. The molecule has 0 radical (unpaired) electrons. The van der Waals surface area contributed by atoms with Gasteiger partial charge in [-0.15, -0.1) is 17.2 Å². The summed E-state index contributed by atoms with van der Waals surface area (Å²) in [5, 5.41) is 2.57. The van der Waals surface area contributed by atoms with Crippen molar-refractivity contribution in [1.29, 1.82) is 0 Å². The molecule has 4 aromatic rings. The number of nitrogens with two attached hydrogens (primary N) is 1. The van der Waals surface area contributed by atoms with Gasteiger partial charge in [-0.2, -0.15) is 12.5 Å². The molecule has 2 N–H and O–H groups in total. The van der Waals surface area contributed by atoms with Crippen molar-refractivity contribution in [1.82, 2.24) is 0 Å². The molecule has 0 spiro atoms. The molecule has 1 unspecified atom stereocenters. The Kier molecular flexibility index (Phi) is 8.74. The summed E-state index contributed by atoms with van der Waals surface area (Å²) < 4.78 is 0. The number of aryl methyl sites for hydroxylation is 1. The number of hydrogen-bond acceptors (Lipinski definition) is 0. The Morgan fingerprint density at radius 3 is 2.18 bits per heavy atom. The van der Waals surface area contributed by atoms with Crippen LogP contribution in [0.3, 0.4) is 0 Å². The molecule has 0 heterocycles. The summed E-state index contributed by atoms with van der Waals surface area (Å²) in [6.45, 7) is 13.6. The molecule has 174 valence electrons. The number of rotatable bonds is 2. The third-order valence-corrected chi connectivity index (χ3v) is 6.98. The molecular weight excluding hydrogens is 493 g/mol. The van der Waals surface area contributed by atoms with E-state index >= 15 is 0 Å². The SMILES string of the molecule is [CH2-]c1c(C2C(C)=Cc3ccccc32)cc2ccccc2c1-c1ccc(C)c(C)c1C.[Cl][Ti][Cl].[NH2-]. The maximum Gasteiger partial charge on any atom is -0.693 e. The van der Waals surface area contributed by atoms with Gasteiger partial charge in [-0.3, -0.25) is 0 Å². The van der Waals surface area contributed by atoms with Gasteiger partial charge in [0, 0.05) is 0 Å². The minimum Gasteiger partial charge on any atom is -0.693 e. The van der Waals surface area contributed by atoms with Gasteiger partial charge in [0.15, 0.2) is 0 Å². The predicted molar refractivity (Wildman–Crippen MR) is 147 cm³/mol. The quantitative estimate of drug-likeness (QED) is 0.185. The first-order chi connectivity index (χ1) is 15.9. The molecule has 1 aliphatic rings. The molecule has 4 heteroatoms. The summed E-state index contributed by atoms with van der Waals surface area (Å²) in [6, 6.07) is 24.4. The van der Waals surface area contributed by atoms with Crippen molar-refractivity contribution >= 4 is 35.5 Å². The van der Waals surface area contributed by atoms with Crippen molar-refractivity contribution in [3.63, 3.8) is 0 Å². The summed E-state index contributed by atoms with van der Waals surface area (Å²) in [5.74, 6) is 0.268. The molecule has 34 heavy (non-hydrogen) atoms. The molecule has 0 amide bonds. The number of fused-ring (bicyclic) bond motifs is 2. The second-order valence-electron chi connectivity index (χ2n) is 8.74. The van der Waals surface area contributed by atoms with Gasteiger partial charge in [-0.05, 0) is 61.3 Å². The molecule has 4 aromatic carbocycles. The van der Waals surface area contributed by atoms with E-state index in [4.69, 9.17) is 18.6 Å². The first-order valence-electron chi connectivity index (χ1n) is 11.1. The van der Waals surface area contributed by atoms with Crippen LogP contribution in [0.15, 0.2) is 72.3 Å². The van der Waals surface area contributed by atoms with Crippen molar-refractivity contribution in [3.8, 4) is 11.1 Å². The molecule has 0 saturated carbocycles. The zero-order valence-corrected chi connectivity index (χ0v) is 23.1. The fourth-order valence-electron chi connectivity index (χ4n) is 5.10. The van der Waals surface area contributed by atoms with E-state index < -0.39 is 17.0 Å². The number of halogens is 2. The number of hydrogen-bond donors (Lipinski definition) is 0. The second kappa shape index (κ2) is 11.2. The fraction of sp³-hybridized carbons (Fsp3) is 0.167. The van der Waals surface area contributed by atoms with Gasteiger partial charge in [0.1, 0.15) is 0 Å². The molecule has 0 saturated heterocycles. The molecule has 1 aliphatic carbocycles. The van der Waals surface area contributed by atoms with E-state index in [0.717, 1.165) is 5.56 Å². The third kappa shape index (κ3) is 4.74. The van der Waals surface area contributed by atoms with E-state index in [9.17, 15) is 0 Å². The van der Waals surface area contributed by atoms with E-state index in [1.54, 1.807) is 0 Å². The van der Waals surface area contributed by atoms with E-state index in [-0.39, 0.29) is 12.1 Å². The van der Waals surface area contributed by atoms with Crippen LogP contribution in [0, 0.1) is 27.7 Å². The van der Waals surface area contributed by atoms with Crippen LogP contribution in [0.4, 0.5) is 0 Å². The standard InChI is InChI=1S/C30H27.2ClH.H2N.Ti/c1-18-14-15-25(21(4)20(18)3)30-22(5)28(17-24-11-7-9-13-27(24)30)29-19(2)16-23-10-6-8-12-26(23)29;;;;/h6-17,29H,5H2,1-4H3;2*1H;1H2;/q-1;;;-1;+2/p-2. The van der Waals surface area contributed by atoms with Gasteiger partial charge in [0.2, 0.25) is 0 Å². The zero-order chi connectivity index (χ0) is 23.7. The van der Waals surface area contributed by atoms with Crippen LogP contribution in [0.5, 0.6) is 0 Å². The van der Waals surface area contributed by atoms with Crippen molar-refractivity contribution in [3.05, 3.63) is 124 Å². The average Bonchev–Trinajstić information content (AvgIpc) is 3.14. The maximum absolute atomic E-state index is 4.89. The largest absolute Gasteiger partial charge is 0.693 e. The first-order valence-corrected chi connectivity index (χ1v) is 15.4. The Morgan fingerprint density at radius 2 is 1.44 bits per heavy atom. The average molecular weight is 522 g/mol. The van der Waals surface area contributed by atoms with Crippen LogP contribution >= 0.6 is 18.6 Å². The van der Waals surface area contributed by atoms with E-state index in [1.165, 1.54) is 60.9 Å². The van der Waals surface area contributed by atoms with Crippen LogP contribution in [0.25, 0.3) is 34.1 Å². The van der Waals surface area contributed by atoms with Gasteiger partial charge in [-0.25, -0.2) is 0 Å². The van der Waals surface area contributed by atoms with Crippen molar-refractivity contribution in [2.75, 3.05) is 0 Å². The molecular formula is C30H29Cl2NTi-2. The first kappa shape index (κ1) is 26.6. The van der Waals surface area contributed by atoms with Gasteiger partial charge in [0.05, 0.1) is 0 Å².